The number of halogens is 7. The first-order valence-corrected chi connectivity index (χ1v) is 13.7. The Bertz CT molecular complexity index is 1330. The van der Waals surface area contributed by atoms with Crippen LogP contribution in [0.4, 0.5) is 26.3 Å². The van der Waals surface area contributed by atoms with Crippen LogP contribution in [0.25, 0.3) is 0 Å². The van der Waals surface area contributed by atoms with Gasteiger partial charge in [-0.25, -0.2) is 8.42 Å². The molecule has 1 aliphatic heterocycles. The van der Waals surface area contributed by atoms with Gasteiger partial charge in [0.25, 0.3) is 0 Å². The van der Waals surface area contributed by atoms with E-state index >= 15 is 0 Å². The highest BCUT2D eigenvalue weighted by atomic mass is 35.5. The average Bonchev–Trinajstić information content (AvgIpc) is 3.74. The van der Waals surface area contributed by atoms with Crippen LogP contribution < -0.4 is 10.1 Å². The summed E-state index contributed by atoms with van der Waals surface area (Å²) in [6.07, 6.45) is -12.9. The van der Waals surface area contributed by atoms with Crippen LogP contribution in [0.3, 0.4) is 0 Å². The van der Waals surface area contributed by atoms with Crippen molar-refractivity contribution in [2.75, 3.05) is 6.54 Å². The molecule has 214 valence electrons. The second-order valence-electron chi connectivity index (χ2n) is 10.0. The van der Waals surface area contributed by atoms with Gasteiger partial charge in [-0.2, -0.15) is 31.6 Å². The molecule has 0 bridgehead atoms. The number of ether oxygens (including phenoxy) is 1. The van der Waals surface area contributed by atoms with Gasteiger partial charge in [-0.1, -0.05) is 11.6 Å². The van der Waals surface area contributed by atoms with Crippen LogP contribution in [-0.2, 0) is 19.4 Å². The number of likely N-dealkylation sites (tertiary alicyclic amines) is 1. The average molecular weight is 602 g/mol. The molecule has 3 atom stereocenters. The lowest BCUT2D eigenvalue weighted by Gasteiger charge is -2.29. The topological polar surface area (TPSA) is 117 Å². The fourth-order valence-electron chi connectivity index (χ4n) is 4.46. The van der Waals surface area contributed by atoms with Crippen LogP contribution in [0.2, 0.25) is 5.02 Å². The number of alkyl halides is 6. The van der Waals surface area contributed by atoms with Gasteiger partial charge < -0.3 is 15.0 Å². The van der Waals surface area contributed by atoms with Gasteiger partial charge in [0.1, 0.15) is 22.7 Å². The Morgan fingerprint density at radius 1 is 1.18 bits per heavy atom. The second kappa shape index (κ2) is 9.43. The van der Waals surface area contributed by atoms with E-state index in [-0.39, 0.29) is 5.75 Å². The minimum atomic E-state index is -4.92. The molecule has 1 saturated heterocycles. The van der Waals surface area contributed by atoms with Gasteiger partial charge in [0, 0.05) is 12.6 Å². The van der Waals surface area contributed by atoms with Gasteiger partial charge in [0.15, 0.2) is 15.9 Å². The third kappa shape index (κ3) is 5.37. The summed E-state index contributed by atoms with van der Waals surface area (Å²) in [5.41, 5.74) is -3.95. The zero-order chi connectivity index (χ0) is 29.2. The van der Waals surface area contributed by atoms with Crippen LogP contribution in [0, 0.1) is 16.7 Å². The summed E-state index contributed by atoms with van der Waals surface area (Å²) in [7, 11) is -4.50. The highest BCUT2D eigenvalue weighted by Crippen LogP contribution is 2.59. The Hall–Kier alpha value is -2.73. The molecule has 0 spiro atoms. The maximum atomic E-state index is 13.7. The van der Waals surface area contributed by atoms with E-state index in [4.69, 9.17) is 16.3 Å². The van der Waals surface area contributed by atoms with E-state index in [1.165, 1.54) is 0 Å². The molecule has 16 heteroatoms. The van der Waals surface area contributed by atoms with E-state index in [9.17, 15) is 49.6 Å². The van der Waals surface area contributed by atoms with Crippen molar-refractivity contribution in [2.45, 2.75) is 79.2 Å². The molecule has 1 N–H and O–H groups in total. The minimum Gasteiger partial charge on any atom is -0.481 e. The molecule has 3 fully saturated rings. The Morgan fingerprint density at radius 2 is 1.79 bits per heavy atom. The molecule has 2 saturated carbocycles. The Kier molecular flexibility index (Phi) is 7.08. The number of carbonyl (C=O) groups excluding carboxylic acids is 2. The maximum Gasteiger partial charge on any atom is 0.425 e. The molecule has 4 rings (SSSR count). The van der Waals surface area contributed by atoms with Crippen molar-refractivity contribution in [1.82, 2.24) is 10.2 Å². The number of nitriles is 1. The van der Waals surface area contributed by atoms with Crippen molar-refractivity contribution >= 4 is 33.3 Å². The number of sulfone groups is 1. The van der Waals surface area contributed by atoms with E-state index < -0.39 is 98.1 Å². The predicted molar refractivity (Wildman–Crippen MR) is 122 cm³/mol. The number of hydrogen-bond acceptors (Lipinski definition) is 6. The molecule has 2 unspecified atom stereocenters. The van der Waals surface area contributed by atoms with Crippen molar-refractivity contribution in [3.8, 4) is 11.8 Å². The summed E-state index contributed by atoms with van der Waals surface area (Å²) in [6.45, 7) is -0.0180. The third-order valence-corrected chi connectivity index (χ3v) is 9.89. The monoisotopic (exact) mass is 601 g/mol. The molecule has 1 heterocycles. The highest BCUT2D eigenvalue weighted by molar-refractivity contribution is 7.92. The van der Waals surface area contributed by atoms with Gasteiger partial charge in [-0.3, -0.25) is 9.59 Å². The molecule has 39 heavy (non-hydrogen) atoms. The zero-order valence-electron chi connectivity index (χ0n) is 20.2. The Balaban J connectivity index is 1.62. The molecule has 8 nitrogen and oxygen atoms in total. The first-order valence-electron chi connectivity index (χ1n) is 11.7. The number of nitrogens with one attached hydrogen (secondary N) is 1. The molecular weight excluding hydrogens is 580 g/mol. The molecule has 1 aromatic carbocycles. The summed E-state index contributed by atoms with van der Waals surface area (Å²) >= 11 is 6.06. The number of nitrogens with zero attached hydrogens (tertiary/aromatic N) is 2. The van der Waals surface area contributed by atoms with Crippen molar-refractivity contribution in [1.29, 1.82) is 5.26 Å². The zero-order valence-corrected chi connectivity index (χ0v) is 21.8. The number of benzene rings is 1. The summed E-state index contributed by atoms with van der Waals surface area (Å²) < 4.78 is 111. The van der Waals surface area contributed by atoms with E-state index in [0.717, 1.165) is 25.1 Å². The largest absolute Gasteiger partial charge is 0.481 e. The van der Waals surface area contributed by atoms with Gasteiger partial charge in [-0.05, 0) is 51.2 Å². The summed E-state index contributed by atoms with van der Waals surface area (Å²) in [6, 6.07) is 2.97. The molecule has 2 aliphatic carbocycles. The SMILES string of the molecule is C[C@H](Oc1ccc(S(=O)(=O)C2CC(C(=O)NC3(C#N)CC3)N(C(=O)C3(C(F)(F)F)CC3)C2)c(Cl)c1)C(F)(F)F. The van der Waals surface area contributed by atoms with E-state index in [2.05, 4.69) is 5.32 Å². The molecule has 0 aromatic heterocycles. The molecule has 1 aromatic rings. The molecular formula is C23H22ClF6N3O5S. The number of rotatable bonds is 7. The quantitative estimate of drug-likeness (QED) is 0.474. The maximum absolute atomic E-state index is 13.7. The fourth-order valence-corrected chi connectivity index (χ4v) is 6.69. The van der Waals surface area contributed by atoms with Crippen LogP contribution in [-0.4, -0.2) is 67.0 Å². The first-order chi connectivity index (χ1) is 17.9. The first kappa shape index (κ1) is 29.3. The third-order valence-electron chi connectivity index (χ3n) is 7.28. The van der Waals surface area contributed by atoms with Crippen LogP contribution in [0.5, 0.6) is 5.75 Å². The van der Waals surface area contributed by atoms with E-state index in [1.54, 1.807) is 0 Å². The Labute approximate surface area is 224 Å². The lowest BCUT2D eigenvalue weighted by atomic mass is 10.0. The smallest absolute Gasteiger partial charge is 0.425 e. The van der Waals surface area contributed by atoms with Gasteiger partial charge in [0.05, 0.1) is 21.2 Å². The molecule has 0 radical (unpaired) electrons. The van der Waals surface area contributed by atoms with Crippen molar-refractivity contribution in [3.63, 3.8) is 0 Å². The molecule has 2 amide bonds. The fraction of sp³-hybridized carbons (Fsp3) is 0.609. The normalized spacial score (nSPS) is 24.4. The molecule has 3 aliphatic rings. The predicted octanol–water partition coefficient (Wildman–Crippen LogP) is 3.93. The van der Waals surface area contributed by atoms with E-state index in [1.807, 2.05) is 6.07 Å². The lowest BCUT2D eigenvalue weighted by Crippen LogP contribution is -2.53. The summed E-state index contributed by atoms with van der Waals surface area (Å²) in [5.74, 6) is -2.75. The minimum absolute atomic E-state index is 0.293. The van der Waals surface area contributed by atoms with Crippen LogP contribution in [0.15, 0.2) is 23.1 Å². The van der Waals surface area contributed by atoms with E-state index in [0.29, 0.717) is 17.7 Å². The van der Waals surface area contributed by atoms with Crippen LogP contribution >= 0.6 is 11.6 Å². The second-order valence-corrected chi connectivity index (χ2v) is 12.6. The highest BCUT2D eigenvalue weighted by Gasteiger charge is 2.70. The number of amides is 2. The lowest BCUT2D eigenvalue weighted by molar-refractivity contribution is -0.199. The number of carbonyl (C=O) groups is 2. The van der Waals surface area contributed by atoms with Crippen molar-refractivity contribution in [2.24, 2.45) is 5.41 Å². The van der Waals surface area contributed by atoms with Crippen molar-refractivity contribution < 1.29 is 49.1 Å². The number of hydrogen-bond donors (Lipinski definition) is 1. The summed E-state index contributed by atoms with van der Waals surface area (Å²) in [4.78, 5) is 26.1. The van der Waals surface area contributed by atoms with Gasteiger partial charge in [-0.15, -0.1) is 0 Å². The Morgan fingerprint density at radius 3 is 2.26 bits per heavy atom. The van der Waals surface area contributed by atoms with Gasteiger partial charge in [0.2, 0.25) is 11.8 Å². The van der Waals surface area contributed by atoms with Crippen LogP contribution in [0.1, 0.15) is 39.0 Å². The summed E-state index contributed by atoms with van der Waals surface area (Å²) in [5, 5.41) is 9.62. The van der Waals surface area contributed by atoms with Crippen molar-refractivity contribution in [3.05, 3.63) is 23.2 Å². The standard InChI is InChI=1S/C23H22ClF6N3O5S/c1-12(22(25,26)27)38-13-2-3-17(15(24)8-13)39(36,37)14-9-16(18(34)32-20(11-31)4-5-20)33(10-14)19(35)21(6-7-21)23(28,29)30/h2-3,8,12,14,16H,4-7,9-10H2,1H3,(H,32,34)/t12-,14?,16?/m0/s1. The van der Waals surface area contributed by atoms with Gasteiger partial charge >= 0.3 is 12.4 Å².